The fraction of sp³-hybridized carbons (Fsp3) is 0.208. The minimum absolute atomic E-state index is 0.0842. The number of methoxy groups -OCH3 is 1. The first-order valence-electron chi connectivity index (χ1n) is 10.5. The zero-order chi connectivity index (χ0) is 22.8. The van der Waals surface area contributed by atoms with Crippen molar-refractivity contribution in [2.45, 2.75) is 13.3 Å². The molecule has 5 rings (SSSR count). The van der Waals surface area contributed by atoms with E-state index < -0.39 is 0 Å². The Bertz CT molecular complexity index is 1450. The predicted molar refractivity (Wildman–Crippen MR) is 123 cm³/mol. The first kappa shape index (κ1) is 20.9. The molecule has 3 aromatic heterocycles. The summed E-state index contributed by atoms with van der Waals surface area (Å²) in [5.74, 6) is 1.25. The largest absolute Gasteiger partial charge is 0.497 e. The Morgan fingerprint density at radius 2 is 1.85 bits per heavy atom. The normalized spacial score (nSPS) is 11.5. The molecule has 0 bridgehead atoms. The van der Waals surface area contributed by atoms with Crippen molar-refractivity contribution in [3.8, 4) is 17.0 Å². The zero-order valence-electron chi connectivity index (χ0n) is 18.1. The summed E-state index contributed by atoms with van der Waals surface area (Å²) in [5.41, 5.74) is 3.29. The van der Waals surface area contributed by atoms with Crippen LogP contribution in [0.2, 0.25) is 0 Å². The molecule has 33 heavy (non-hydrogen) atoms. The van der Waals surface area contributed by atoms with E-state index in [1.807, 2.05) is 59.2 Å². The van der Waals surface area contributed by atoms with Gasteiger partial charge < -0.3 is 14.6 Å². The van der Waals surface area contributed by atoms with Crippen LogP contribution in [-0.2, 0) is 18.0 Å². The number of ether oxygens (including phenoxy) is 2. The van der Waals surface area contributed by atoms with Gasteiger partial charge >= 0.3 is 0 Å². The summed E-state index contributed by atoms with van der Waals surface area (Å²) in [6.45, 7) is 0.758. The lowest BCUT2D eigenvalue weighted by Gasteiger charge is -2.13. The van der Waals surface area contributed by atoms with E-state index in [1.165, 1.54) is 4.40 Å². The molecule has 0 spiro atoms. The van der Waals surface area contributed by atoms with Crippen molar-refractivity contribution in [2.75, 3.05) is 20.3 Å². The van der Waals surface area contributed by atoms with Crippen molar-refractivity contribution < 1.29 is 14.6 Å². The third-order valence-corrected chi connectivity index (χ3v) is 5.45. The van der Waals surface area contributed by atoms with Gasteiger partial charge in [-0.15, -0.1) is 0 Å². The third kappa shape index (κ3) is 3.88. The second kappa shape index (κ2) is 8.89. The first-order valence-corrected chi connectivity index (χ1v) is 10.5. The lowest BCUT2D eigenvalue weighted by atomic mass is 10.2. The molecule has 1 N–H and O–H groups in total. The maximum Gasteiger partial charge on any atom is 0.287 e. The summed E-state index contributed by atoms with van der Waals surface area (Å²) in [6, 6.07) is 17.5. The van der Waals surface area contributed by atoms with Crippen LogP contribution in [0.3, 0.4) is 0 Å². The maximum absolute atomic E-state index is 13.3. The predicted octanol–water partition coefficient (Wildman–Crippen LogP) is 2.54. The monoisotopic (exact) mass is 445 g/mol. The van der Waals surface area contributed by atoms with Crippen LogP contribution in [0.5, 0.6) is 5.75 Å². The Morgan fingerprint density at radius 1 is 1.06 bits per heavy atom. The van der Waals surface area contributed by atoms with Crippen molar-refractivity contribution >= 4 is 16.9 Å². The van der Waals surface area contributed by atoms with E-state index in [0.717, 1.165) is 16.9 Å². The minimum atomic E-state index is -0.252. The molecule has 0 saturated heterocycles. The van der Waals surface area contributed by atoms with E-state index >= 15 is 0 Å². The molecule has 0 aliphatic carbocycles. The summed E-state index contributed by atoms with van der Waals surface area (Å²) < 4.78 is 16.0. The summed E-state index contributed by atoms with van der Waals surface area (Å²) in [4.78, 5) is 22.5. The third-order valence-electron chi connectivity index (χ3n) is 5.45. The van der Waals surface area contributed by atoms with Crippen LogP contribution in [0, 0.1) is 0 Å². The van der Waals surface area contributed by atoms with Crippen LogP contribution >= 0.6 is 0 Å². The lowest BCUT2D eigenvalue weighted by Crippen LogP contribution is -2.20. The summed E-state index contributed by atoms with van der Waals surface area (Å²) in [5, 5.41) is 9.06. The zero-order valence-corrected chi connectivity index (χ0v) is 18.1. The quantitative estimate of drug-likeness (QED) is 0.369. The molecule has 3 heterocycles. The van der Waals surface area contributed by atoms with Gasteiger partial charge in [-0.2, -0.15) is 0 Å². The van der Waals surface area contributed by atoms with E-state index in [9.17, 15) is 4.79 Å². The number of fused-ring (bicyclic) bond motifs is 2. The Labute approximate surface area is 189 Å². The Balaban J connectivity index is 1.72. The molecule has 0 aliphatic heterocycles. The van der Waals surface area contributed by atoms with Crippen LogP contribution in [0.1, 0.15) is 5.56 Å². The van der Waals surface area contributed by atoms with Crippen LogP contribution in [-0.4, -0.2) is 48.9 Å². The number of hydrogen-bond acceptors (Lipinski definition) is 6. The second-order valence-corrected chi connectivity index (χ2v) is 7.55. The average molecular weight is 445 g/mol. The molecule has 0 saturated carbocycles. The van der Waals surface area contributed by atoms with Crippen molar-refractivity contribution in [1.82, 2.24) is 23.5 Å². The molecule has 0 amide bonds. The number of benzene rings is 2. The molecule has 0 unspecified atom stereocenters. The number of nitrogens with zero attached hydrogens (tertiary/aromatic N) is 5. The van der Waals surface area contributed by atoms with E-state index in [-0.39, 0.29) is 25.5 Å². The number of rotatable bonds is 8. The fourth-order valence-corrected chi connectivity index (χ4v) is 3.86. The van der Waals surface area contributed by atoms with Gasteiger partial charge in [-0.1, -0.05) is 30.3 Å². The molecule has 2 aromatic carbocycles. The molecule has 0 atom stereocenters. The van der Waals surface area contributed by atoms with Crippen LogP contribution < -0.4 is 10.3 Å². The number of aliphatic hydroxyl groups is 1. The molecule has 9 heteroatoms. The number of imidazole rings is 2. The molecule has 5 aromatic rings. The highest BCUT2D eigenvalue weighted by molar-refractivity contribution is 5.74. The van der Waals surface area contributed by atoms with Crippen molar-refractivity contribution in [3.63, 3.8) is 0 Å². The van der Waals surface area contributed by atoms with Gasteiger partial charge in [0, 0.05) is 11.8 Å². The Kier molecular flexibility index (Phi) is 5.64. The summed E-state index contributed by atoms with van der Waals surface area (Å²) in [7, 11) is 1.62. The minimum Gasteiger partial charge on any atom is -0.497 e. The van der Waals surface area contributed by atoms with Crippen LogP contribution in [0.4, 0.5) is 0 Å². The van der Waals surface area contributed by atoms with Crippen molar-refractivity contribution in [3.05, 3.63) is 83.0 Å². The van der Waals surface area contributed by atoms with Gasteiger partial charge in [0.15, 0.2) is 11.2 Å². The van der Waals surface area contributed by atoms with Gasteiger partial charge in [-0.25, -0.2) is 14.4 Å². The number of aliphatic hydroxyl groups excluding tert-OH is 1. The highest BCUT2D eigenvalue weighted by atomic mass is 16.5. The molecule has 9 nitrogen and oxygen atoms in total. The standard InChI is InChI=1S/C24H23N5O4/c1-32-19-9-7-18(8-10-19)20-14-29-23(31)21-22(27(15-25-21)16-33-12-11-30)28(24(29)26-20)13-17-5-3-2-4-6-17/h2-10,14-15,30H,11-13,16H2,1H3. The van der Waals surface area contributed by atoms with Crippen LogP contribution in [0.25, 0.3) is 28.2 Å². The first-order chi connectivity index (χ1) is 16.2. The fourth-order valence-electron chi connectivity index (χ4n) is 3.86. The van der Waals surface area contributed by atoms with Crippen LogP contribution in [0.15, 0.2) is 71.9 Å². The van der Waals surface area contributed by atoms with Gasteiger partial charge in [0.2, 0.25) is 5.78 Å². The molecule has 0 radical (unpaired) electrons. The van der Waals surface area contributed by atoms with Gasteiger partial charge in [-0.3, -0.25) is 13.9 Å². The molecule has 0 aliphatic rings. The van der Waals surface area contributed by atoms with Gasteiger partial charge in [0.1, 0.15) is 12.5 Å². The Morgan fingerprint density at radius 3 is 2.58 bits per heavy atom. The van der Waals surface area contributed by atoms with E-state index in [4.69, 9.17) is 19.6 Å². The average Bonchev–Trinajstić information content (AvgIpc) is 3.48. The summed E-state index contributed by atoms with van der Waals surface area (Å²) >= 11 is 0. The Hall–Kier alpha value is -3.95. The number of aromatic nitrogens is 5. The van der Waals surface area contributed by atoms with Crippen molar-refractivity contribution in [2.24, 2.45) is 0 Å². The van der Waals surface area contributed by atoms with E-state index in [2.05, 4.69) is 4.98 Å². The van der Waals surface area contributed by atoms with Crippen molar-refractivity contribution in [1.29, 1.82) is 0 Å². The molecule has 0 fully saturated rings. The van der Waals surface area contributed by atoms with Gasteiger partial charge in [-0.05, 0) is 29.8 Å². The topological polar surface area (TPSA) is 95.8 Å². The molecular weight excluding hydrogens is 422 g/mol. The van der Waals surface area contributed by atoms with E-state index in [0.29, 0.717) is 29.2 Å². The molecular formula is C24H23N5O4. The highest BCUT2D eigenvalue weighted by Crippen LogP contribution is 2.23. The van der Waals surface area contributed by atoms with Gasteiger partial charge in [0.05, 0.1) is 38.9 Å². The summed E-state index contributed by atoms with van der Waals surface area (Å²) in [6.07, 6.45) is 3.32. The molecule has 168 valence electrons. The SMILES string of the molecule is COc1ccc(-c2cn3c(=O)c4ncn(COCCO)c4n(Cc4ccccc4)c3n2)cc1. The smallest absolute Gasteiger partial charge is 0.287 e. The second-order valence-electron chi connectivity index (χ2n) is 7.55. The lowest BCUT2D eigenvalue weighted by molar-refractivity contribution is 0.0497. The highest BCUT2D eigenvalue weighted by Gasteiger charge is 2.19. The number of hydrogen-bond donors (Lipinski definition) is 1. The van der Waals surface area contributed by atoms with E-state index in [1.54, 1.807) is 24.2 Å². The van der Waals surface area contributed by atoms with Gasteiger partial charge in [0.25, 0.3) is 5.56 Å². The maximum atomic E-state index is 13.3.